The predicted octanol–water partition coefficient (Wildman–Crippen LogP) is 4.18. The summed E-state index contributed by atoms with van der Waals surface area (Å²) in [4.78, 5) is 24.4. The minimum absolute atomic E-state index is 0.0632. The number of hydrogen-bond acceptors (Lipinski definition) is 4. The number of halogens is 2. The summed E-state index contributed by atoms with van der Waals surface area (Å²) in [7, 11) is 1.50. The predicted molar refractivity (Wildman–Crippen MR) is 109 cm³/mol. The van der Waals surface area contributed by atoms with Crippen molar-refractivity contribution in [2.75, 3.05) is 13.7 Å². The molecule has 0 aliphatic heterocycles. The summed E-state index contributed by atoms with van der Waals surface area (Å²) in [5.41, 5.74) is 5.52. The summed E-state index contributed by atoms with van der Waals surface area (Å²) < 4.78 is 10.9. The molecule has 0 saturated carbocycles. The van der Waals surface area contributed by atoms with Crippen LogP contribution in [-0.4, -0.2) is 25.5 Å². The quantitative estimate of drug-likeness (QED) is 0.491. The summed E-state index contributed by atoms with van der Waals surface area (Å²) in [6.45, 7) is 2.64. The molecule has 0 unspecified atom stereocenters. The van der Waals surface area contributed by atoms with Crippen LogP contribution in [0.4, 0.5) is 0 Å². The van der Waals surface area contributed by atoms with Crippen LogP contribution >= 0.6 is 23.2 Å². The van der Waals surface area contributed by atoms with Gasteiger partial charge in [0.25, 0.3) is 5.91 Å². The van der Waals surface area contributed by atoms with Crippen molar-refractivity contribution < 1.29 is 19.1 Å². The van der Waals surface area contributed by atoms with E-state index in [1.165, 1.54) is 7.11 Å². The van der Waals surface area contributed by atoms with Crippen molar-refractivity contribution in [1.29, 1.82) is 0 Å². The van der Waals surface area contributed by atoms with Gasteiger partial charge in [-0.25, -0.2) is 0 Å². The van der Waals surface area contributed by atoms with Crippen molar-refractivity contribution in [1.82, 2.24) is 10.9 Å². The van der Waals surface area contributed by atoms with Gasteiger partial charge in [0, 0.05) is 15.6 Å². The molecule has 0 aliphatic rings. The Labute approximate surface area is 174 Å². The molecule has 2 aromatic carbocycles. The Morgan fingerprint density at radius 2 is 1.75 bits per heavy atom. The smallest absolute Gasteiger partial charge is 0.269 e. The van der Waals surface area contributed by atoms with E-state index in [0.29, 0.717) is 39.3 Å². The topological polar surface area (TPSA) is 76.7 Å². The lowest BCUT2D eigenvalue weighted by Gasteiger charge is -2.13. The molecule has 0 radical (unpaired) electrons. The molecular weight excluding hydrogens is 403 g/mol. The largest absolute Gasteiger partial charge is 0.493 e. The first-order chi connectivity index (χ1) is 13.5. The van der Waals surface area contributed by atoms with Gasteiger partial charge in [0.1, 0.15) is 0 Å². The molecular formula is C20H22Cl2N2O4. The number of nitrogens with one attached hydrogen (secondary N) is 2. The maximum absolute atomic E-state index is 12.3. The van der Waals surface area contributed by atoms with Crippen LogP contribution in [0.2, 0.25) is 10.0 Å². The summed E-state index contributed by atoms with van der Waals surface area (Å²) in [6, 6.07) is 9.78. The fraction of sp³-hybridized carbons (Fsp3) is 0.300. The van der Waals surface area contributed by atoms with Crippen LogP contribution in [0.3, 0.4) is 0 Å². The molecule has 2 N–H and O–H groups in total. The molecule has 2 rings (SSSR count). The average molecular weight is 425 g/mol. The Hall–Kier alpha value is -2.44. The third-order valence-corrected chi connectivity index (χ3v) is 4.60. The number of amides is 2. The van der Waals surface area contributed by atoms with Gasteiger partial charge in [-0.1, -0.05) is 42.6 Å². The van der Waals surface area contributed by atoms with Crippen LogP contribution in [-0.2, 0) is 11.2 Å². The molecule has 0 saturated heterocycles. The van der Waals surface area contributed by atoms with E-state index >= 15 is 0 Å². The minimum atomic E-state index is -0.489. The summed E-state index contributed by atoms with van der Waals surface area (Å²) >= 11 is 12.1. The highest BCUT2D eigenvalue weighted by Gasteiger charge is 2.14. The fourth-order valence-electron chi connectivity index (χ4n) is 2.36. The zero-order valence-electron chi connectivity index (χ0n) is 15.7. The molecule has 0 heterocycles. The van der Waals surface area contributed by atoms with E-state index in [9.17, 15) is 9.59 Å². The van der Waals surface area contributed by atoms with Crippen LogP contribution in [0.1, 0.15) is 35.7 Å². The number of benzene rings is 2. The van der Waals surface area contributed by atoms with Crippen LogP contribution in [0.15, 0.2) is 36.4 Å². The molecule has 150 valence electrons. The normalized spacial score (nSPS) is 10.3. The van der Waals surface area contributed by atoms with Gasteiger partial charge in [-0.2, -0.15) is 0 Å². The first-order valence-corrected chi connectivity index (χ1v) is 9.54. The molecule has 28 heavy (non-hydrogen) atoms. The van der Waals surface area contributed by atoms with E-state index < -0.39 is 11.8 Å². The first-order valence-electron chi connectivity index (χ1n) is 8.79. The van der Waals surface area contributed by atoms with E-state index in [1.807, 2.05) is 0 Å². The van der Waals surface area contributed by atoms with E-state index in [-0.39, 0.29) is 6.42 Å². The number of rotatable bonds is 8. The maximum Gasteiger partial charge on any atom is 0.269 e. The minimum Gasteiger partial charge on any atom is -0.493 e. The van der Waals surface area contributed by atoms with Gasteiger partial charge in [-0.3, -0.25) is 20.4 Å². The van der Waals surface area contributed by atoms with Gasteiger partial charge in [-0.05, 0) is 42.3 Å². The molecule has 0 aliphatic carbocycles. The number of hydrazine groups is 1. The lowest BCUT2D eigenvalue weighted by Crippen LogP contribution is -2.42. The third-order valence-electron chi connectivity index (χ3n) is 3.90. The molecule has 8 heteroatoms. The Kier molecular flexibility index (Phi) is 8.42. The van der Waals surface area contributed by atoms with E-state index in [2.05, 4.69) is 17.8 Å². The Balaban J connectivity index is 1.96. The second-order valence-corrected chi connectivity index (χ2v) is 6.76. The molecule has 0 bridgehead atoms. The van der Waals surface area contributed by atoms with E-state index in [0.717, 1.165) is 12.8 Å². The number of ether oxygens (including phenoxy) is 2. The van der Waals surface area contributed by atoms with Crippen molar-refractivity contribution >= 4 is 35.0 Å². The first kappa shape index (κ1) is 21.9. The zero-order chi connectivity index (χ0) is 20.5. The highest BCUT2D eigenvalue weighted by molar-refractivity contribution is 6.36. The second-order valence-electron chi connectivity index (χ2n) is 5.95. The van der Waals surface area contributed by atoms with Crippen molar-refractivity contribution in [2.45, 2.75) is 26.2 Å². The van der Waals surface area contributed by atoms with Gasteiger partial charge in [0.05, 0.1) is 20.1 Å². The third kappa shape index (κ3) is 6.04. The van der Waals surface area contributed by atoms with Gasteiger partial charge >= 0.3 is 0 Å². The molecule has 6 nitrogen and oxygen atoms in total. The molecule has 2 aromatic rings. The number of carbonyl (C=O) groups excluding carboxylic acids is 2. The lowest BCUT2D eigenvalue weighted by atomic mass is 10.1. The van der Waals surface area contributed by atoms with Crippen molar-refractivity contribution in [3.63, 3.8) is 0 Å². The average Bonchev–Trinajstić information content (AvgIpc) is 2.69. The SMILES string of the molecule is CCCCOc1ccc(C(=O)NNC(=O)Cc2c(Cl)cccc2Cl)cc1OC. The molecule has 0 atom stereocenters. The molecule has 2 amide bonds. The summed E-state index contributed by atoms with van der Waals surface area (Å²) in [5.74, 6) is 0.0645. The Morgan fingerprint density at radius 1 is 1.04 bits per heavy atom. The molecule has 0 fully saturated rings. The van der Waals surface area contributed by atoms with Crippen molar-refractivity contribution in [3.8, 4) is 11.5 Å². The van der Waals surface area contributed by atoms with E-state index in [4.69, 9.17) is 32.7 Å². The van der Waals surface area contributed by atoms with Gasteiger partial charge in [-0.15, -0.1) is 0 Å². The standard InChI is InChI=1S/C20H22Cl2N2O4/c1-3-4-10-28-17-9-8-13(11-18(17)27-2)20(26)24-23-19(25)12-14-15(21)6-5-7-16(14)22/h5-9,11H,3-4,10,12H2,1-2H3,(H,23,25)(H,24,26). The monoisotopic (exact) mass is 424 g/mol. The number of methoxy groups -OCH3 is 1. The summed E-state index contributed by atoms with van der Waals surface area (Å²) in [6.07, 6.45) is 1.88. The highest BCUT2D eigenvalue weighted by atomic mass is 35.5. The van der Waals surface area contributed by atoms with Crippen LogP contribution < -0.4 is 20.3 Å². The Morgan fingerprint density at radius 3 is 2.39 bits per heavy atom. The number of unbranched alkanes of at least 4 members (excludes halogenated alkanes) is 1. The van der Waals surface area contributed by atoms with Crippen molar-refractivity contribution in [2.24, 2.45) is 0 Å². The molecule has 0 aromatic heterocycles. The van der Waals surface area contributed by atoms with Crippen LogP contribution in [0.25, 0.3) is 0 Å². The van der Waals surface area contributed by atoms with Crippen LogP contribution in [0.5, 0.6) is 11.5 Å². The van der Waals surface area contributed by atoms with Gasteiger partial charge in [0.2, 0.25) is 5.91 Å². The fourth-order valence-corrected chi connectivity index (χ4v) is 2.89. The maximum atomic E-state index is 12.3. The highest BCUT2D eigenvalue weighted by Crippen LogP contribution is 2.28. The van der Waals surface area contributed by atoms with Crippen molar-refractivity contribution in [3.05, 3.63) is 57.6 Å². The van der Waals surface area contributed by atoms with Gasteiger partial charge < -0.3 is 9.47 Å². The Bertz CT molecular complexity index is 823. The number of carbonyl (C=O) groups is 2. The van der Waals surface area contributed by atoms with Crippen LogP contribution in [0, 0.1) is 0 Å². The van der Waals surface area contributed by atoms with Gasteiger partial charge in [0.15, 0.2) is 11.5 Å². The molecule has 0 spiro atoms. The summed E-state index contributed by atoms with van der Waals surface area (Å²) in [5, 5.41) is 0.773. The second kappa shape index (κ2) is 10.8. The zero-order valence-corrected chi connectivity index (χ0v) is 17.2. The van der Waals surface area contributed by atoms with E-state index in [1.54, 1.807) is 36.4 Å². The number of hydrogen-bond donors (Lipinski definition) is 2. The lowest BCUT2D eigenvalue weighted by molar-refractivity contribution is -0.121.